The maximum Gasteiger partial charge on any atom is 0.303 e. The molecule has 0 fully saturated rings. The molecule has 24 heavy (non-hydrogen) atoms. The number of hydrogen-bond acceptors (Lipinski definition) is 6. The first-order valence-corrected chi connectivity index (χ1v) is 7.32. The van der Waals surface area contributed by atoms with Crippen LogP contribution in [-0.2, 0) is 11.2 Å². The van der Waals surface area contributed by atoms with Crippen molar-refractivity contribution in [1.82, 2.24) is 15.1 Å². The standard InChI is InChI=1S/C16H15N3O5/c1-23-10-5-6-12-9(7-10)8-11(16(22)17-12)15-18-13(24-19-15)3-2-4-14(20)21/h5-8H,2-4H2,1H3,(H,17,22)(H,20,21). The van der Waals surface area contributed by atoms with E-state index in [-0.39, 0.29) is 23.4 Å². The molecule has 2 aromatic heterocycles. The van der Waals surface area contributed by atoms with Crippen LogP contribution < -0.4 is 10.3 Å². The molecule has 8 heteroatoms. The Labute approximate surface area is 136 Å². The Balaban J connectivity index is 1.91. The fourth-order valence-electron chi connectivity index (χ4n) is 2.33. The molecule has 3 aromatic rings. The molecule has 0 saturated heterocycles. The zero-order valence-corrected chi connectivity index (χ0v) is 12.9. The number of aromatic amines is 1. The molecule has 0 aliphatic heterocycles. The number of nitrogens with one attached hydrogen (secondary N) is 1. The minimum Gasteiger partial charge on any atom is -0.497 e. The predicted octanol–water partition coefficient (Wildman–Crippen LogP) is 1.99. The van der Waals surface area contributed by atoms with Crippen molar-refractivity contribution in [1.29, 1.82) is 0 Å². The van der Waals surface area contributed by atoms with Gasteiger partial charge in [0, 0.05) is 23.7 Å². The van der Waals surface area contributed by atoms with Crippen LogP contribution in [0.4, 0.5) is 0 Å². The number of carbonyl (C=O) groups is 1. The maximum atomic E-state index is 12.2. The number of methoxy groups -OCH3 is 1. The van der Waals surface area contributed by atoms with Crippen LogP contribution in [-0.4, -0.2) is 33.3 Å². The van der Waals surface area contributed by atoms with E-state index >= 15 is 0 Å². The van der Waals surface area contributed by atoms with Crippen LogP contribution in [0.5, 0.6) is 5.75 Å². The van der Waals surface area contributed by atoms with Crippen molar-refractivity contribution in [3.63, 3.8) is 0 Å². The third-order valence-corrected chi connectivity index (χ3v) is 3.54. The number of carboxylic acids is 1. The summed E-state index contributed by atoms with van der Waals surface area (Å²) in [7, 11) is 1.57. The van der Waals surface area contributed by atoms with Gasteiger partial charge in [-0.3, -0.25) is 9.59 Å². The van der Waals surface area contributed by atoms with E-state index in [9.17, 15) is 9.59 Å². The molecule has 2 N–H and O–H groups in total. The molecular formula is C16H15N3O5. The average Bonchev–Trinajstić information content (AvgIpc) is 3.02. The Bertz CT molecular complexity index is 944. The van der Waals surface area contributed by atoms with Crippen LogP contribution in [0.15, 0.2) is 33.6 Å². The lowest BCUT2D eigenvalue weighted by Crippen LogP contribution is -2.09. The highest BCUT2D eigenvalue weighted by Gasteiger charge is 2.14. The van der Waals surface area contributed by atoms with E-state index < -0.39 is 5.97 Å². The molecule has 0 unspecified atom stereocenters. The highest BCUT2D eigenvalue weighted by Crippen LogP contribution is 2.22. The van der Waals surface area contributed by atoms with Crippen molar-refractivity contribution >= 4 is 16.9 Å². The second kappa shape index (κ2) is 6.53. The van der Waals surface area contributed by atoms with Crippen molar-refractivity contribution in [2.24, 2.45) is 0 Å². The zero-order chi connectivity index (χ0) is 17.1. The first-order chi connectivity index (χ1) is 11.6. The highest BCUT2D eigenvalue weighted by molar-refractivity contribution is 5.83. The topological polar surface area (TPSA) is 118 Å². The SMILES string of the molecule is COc1ccc2[nH]c(=O)c(-c3noc(CCCC(=O)O)n3)cc2c1. The molecule has 0 aliphatic rings. The summed E-state index contributed by atoms with van der Waals surface area (Å²) in [5.74, 6) is 0.264. The lowest BCUT2D eigenvalue weighted by Gasteiger charge is -2.03. The van der Waals surface area contributed by atoms with Crippen LogP contribution in [0, 0.1) is 0 Å². The van der Waals surface area contributed by atoms with Crippen molar-refractivity contribution in [2.45, 2.75) is 19.3 Å². The number of ether oxygens (including phenoxy) is 1. The molecule has 0 amide bonds. The first-order valence-electron chi connectivity index (χ1n) is 7.32. The van der Waals surface area contributed by atoms with E-state index in [0.717, 1.165) is 5.39 Å². The minimum absolute atomic E-state index is 0.0219. The van der Waals surface area contributed by atoms with Crippen molar-refractivity contribution < 1.29 is 19.2 Å². The molecule has 0 saturated carbocycles. The summed E-state index contributed by atoms with van der Waals surface area (Å²) < 4.78 is 10.3. The number of fused-ring (bicyclic) bond motifs is 1. The first kappa shape index (κ1) is 15.7. The second-order valence-corrected chi connectivity index (χ2v) is 5.22. The van der Waals surface area contributed by atoms with Crippen LogP contribution in [0.3, 0.4) is 0 Å². The number of nitrogens with zero attached hydrogens (tertiary/aromatic N) is 2. The van der Waals surface area contributed by atoms with Crippen molar-refractivity contribution in [3.8, 4) is 17.1 Å². The van der Waals surface area contributed by atoms with Gasteiger partial charge in [0.05, 0.1) is 12.7 Å². The molecule has 2 heterocycles. The van der Waals surface area contributed by atoms with E-state index in [0.29, 0.717) is 30.0 Å². The fraction of sp³-hybridized carbons (Fsp3) is 0.250. The molecule has 8 nitrogen and oxygen atoms in total. The minimum atomic E-state index is -0.880. The molecule has 124 valence electrons. The molecule has 0 bridgehead atoms. The van der Waals surface area contributed by atoms with Crippen LogP contribution in [0.25, 0.3) is 22.3 Å². The largest absolute Gasteiger partial charge is 0.497 e. The third-order valence-electron chi connectivity index (χ3n) is 3.54. The van der Waals surface area contributed by atoms with Crippen molar-refractivity contribution in [3.05, 3.63) is 40.5 Å². The number of aromatic nitrogens is 3. The lowest BCUT2D eigenvalue weighted by atomic mass is 10.1. The average molecular weight is 329 g/mol. The Morgan fingerprint density at radius 1 is 1.38 bits per heavy atom. The van der Waals surface area contributed by atoms with E-state index in [1.165, 1.54) is 0 Å². The van der Waals surface area contributed by atoms with Gasteiger partial charge in [0.2, 0.25) is 11.7 Å². The van der Waals surface area contributed by atoms with Gasteiger partial charge in [-0.15, -0.1) is 0 Å². The van der Waals surface area contributed by atoms with Gasteiger partial charge in [0.25, 0.3) is 5.56 Å². The summed E-state index contributed by atoms with van der Waals surface area (Å²) in [4.78, 5) is 29.7. The highest BCUT2D eigenvalue weighted by atomic mass is 16.5. The van der Waals surface area contributed by atoms with Gasteiger partial charge in [-0.05, 0) is 30.7 Å². The smallest absolute Gasteiger partial charge is 0.303 e. The number of aliphatic carboxylic acids is 1. The number of hydrogen-bond donors (Lipinski definition) is 2. The van der Waals surface area contributed by atoms with Crippen LogP contribution >= 0.6 is 0 Å². The van der Waals surface area contributed by atoms with Crippen LogP contribution in [0.2, 0.25) is 0 Å². The quantitative estimate of drug-likeness (QED) is 0.710. The van der Waals surface area contributed by atoms with Gasteiger partial charge in [-0.2, -0.15) is 4.98 Å². The summed E-state index contributed by atoms with van der Waals surface area (Å²) in [6.07, 6.45) is 0.759. The third kappa shape index (κ3) is 3.27. The summed E-state index contributed by atoms with van der Waals surface area (Å²) >= 11 is 0. The number of aryl methyl sites for hydroxylation is 1. The monoisotopic (exact) mass is 329 g/mol. The van der Waals surface area contributed by atoms with Crippen molar-refractivity contribution in [2.75, 3.05) is 7.11 Å². The lowest BCUT2D eigenvalue weighted by molar-refractivity contribution is -0.137. The molecule has 0 spiro atoms. The fourth-order valence-corrected chi connectivity index (χ4v) is 2.33. The number of carboxylic acid groups (broad SMARTS) is 1. The van der Waals surface area contributed by atoms with Gasteiger partial charge >= 0.3 is 5.97 Å². The van der Waals surface area contributed by atoms with Gasteiger partial charge in [-0.1, -0.05) is 5.16 Å². The molecule has 3 rings (SSSR count). The summed E-state index contributed by atoms with van der Waals surface area (Å²) in [6.45, 7) is 0. The predicted molar refractivity (Wildman–Crippen MR) is 85.0 cm³/mol. The Morgan fingerprint density at radius 3 is 2.96 bits per heavy atom. The van der Waals surface area contributed by atoms with Gasteiger partial charge in [-0.25, -0.2) is 0 Å². The summed E-state index contributed by atoms with van der Waals surface area (Å²) in [5.41, 5.74) is 0.629. The summed E-state index contributed by atoms with van der Waals surface area (Å²) in [5, 5.41) is 13.2. The Morgan fingerprint density at radius 2 is 2.21 bits per heavy atom. The van der Waals surface area contributed by atoms with E-state index in [1.54, 1.807) is 31.4 Å². The normalized spacial score (nSPS) is 10.9. The number of benzene rings is 1. The number of pyridine rings is 1. The molecule has 0 atom stereocenters. The molecule has 0 radical (unpaired) electrons. The molecule has 0 aliphatic carbocycles. The Hall–Kier alpha value is -3.16. The van der Waals surface area contributed by atoms with E-state index in [4.69, 9.17) is 14.4 Å². The second-order valence-electron chi connectivity index (χ2n) is 5.22. The van der Waals surface area contributed by atoms with E-state index in [1.807, 2.05) is 0 Å². The Kier molecular flexibility index (Phi) is 4.28. The zero-order valence-electron chi connectivity index (χ0n) is 12.9. The van der Waals surface area contributed by atoms with E-state index in [2.05, 4.69) is 15.1 Å². The van der Waals surface area contributed by atoms with Crippen LogP contribution in [0.1, 0.15) is 18.7 Å². The van der Waals surface area contributed by atoms with Gasteiger partial charge in [0.1, 0.15) is 5.75 Å². The number of rotatable bonds is 6. The summed E-state index contributed by atoms with van der Waals surface area (Å²) in [6, 6.07) is 6.98. The molecule has 1 aromatic carbocycles. The maximum absolute atomic E-state index is 12.2. The van der Waals surface area contributed by atoms with Gasteiger partial charge in [0.15, 0.2) is 0 Å². The molecular weight excluding hydrogens is 314 g/mol. The number of H-pyrrole nitrogens is 1. The van der Waals surface area contributed by atoms with Gasteiger partial charge < -0.3 is 19.4 Å².